The summed E-state index contributed by atoms with van der Waals surface area (Å²) in [5.74, 6) is 0. The van der Waals surface area contributed by atoms with Crippen LogP contribution in [-0.2, 0) is 9.47 Å². The van der Waals surface area contributed by atoms with Gasteiger partial charge in [-0.1, -0.05) is 6.08 Å². The molecule has 2 rings (SSSR count). The number of epoxide rings is 2. The van der Waals surface area contributed by atoms with Crippen LogP contribution in [0.5, 0.6) is 0 Å². The normalized spacial score (nSPS) is 45.1. The van der Waals surface area contributed by atoms with Crippen molar-refractivity contribution in [1.82, 2.24) is 0 Å². The molecule has 2 heterocycles. The lowest BCUT2D eigenvalue weighted by molar-refractivity contribution is 0.0771. The molecule has 0 bridgehead atoms. The molecule has 4 atom stereocenters. The highest BCUT2D eigenvalue weighted by atomic mass is 16.7. The van der Waals surface area contributed by atoms with Crippen LogP contribution in [0.1, 0.15) is 20.8 Å². The van der Waals surface area contributed by atoms with Crippen molar-refractivity contribution >= 4 is 0 Å². The average Bonchev–Trinajstić information content (AvgIpc) is 2.85. The Balaban J connectivity index is 1.94. The summed E-state index contributed by atoms with van der Waals surface area (Å²) in [6.07, 6.45) is 1.57. The first-order valence-corrected chi connectivity index (χ1v) is 4.58. The smallest absolute Gasteiger partial charge is 0.119 e. The molecule has 0 radical (unpaired) electrons. The maximum absolute atomic E-state index is 9.78. The zero-order valence-corrected chi connectivity index (χ0v) is 8.28. The quantitative estimate of drug-likeness (QED) is 0.523. The molecule has 3 heteroatoms. The molecule has 2 saturated heterocycles. The first-order chi connectivity index (χ1) is 5.88. The minimum atomic E-state index is -0.924. The molecule has 0 aromatic rings. The van der Waals surface area contributed by atoms with Crippen molar-refractivity contribution < 1.29 is 14.6 Å². The monoisotopic (exact) mass is 184 g/mol. The standard InChI is InChI=1S/C10H16O3/c1-5-10(4,11)8-6(12-8)7-9(2,3)13-7/h5-8,11H,1H2,2-4H3. The summed E-state index contributed by atoms with van der Waals surface area (Å²) in [7, 11) is 0. The highest BCUT2D eigenvalue weighted by Gasteiger charge is 2.65. The van der Waals surface area contributed by atoms with Gasteiger partial charge in [-0.05, 0) is 20.8 Å². The fraction of sp³-hybridized carbons (Fsp3) is 0.800. The topological polar surface area (TPSA) is 45.3 Å². The predicted octanol–water partition coefficient (Wildman–Crippen LogP) is 0.868. The highest BCUT2D eigenvalue weighted by Crippen LogP contribution is 2.48. The number of rotatable bonds is 3. The molecule has 0 aromatic carbocycles. The summed E-state index contributed by atoms with van der Waals surface area (Å²) >= 11 is 0. The maximum Gasteiger partial charge on any atom is 0.119 e. The highest BCUT2D eigenvalue weighted by molar-refractivity contribution is 5.16. The molecule has 0 aliphatic carbocycles. The van der Waals surface area contributed by atoms with Gasteiger partial charge < -0.3 is 14.6 Å². The maximum atomic E-state index is 9.78. The van der Waals surface area contributed by atoms with Gasteiger partial charge in [0.25, 0.3) is 0 Å². The van der Waals surface area contributed by atoms with Crippen LogP contribution < -0.4 is 0 Å². The van der Waals surface area contributed by atoms with E-state index in [4.69, 9.17) is 9.47 Å². The third kappa shape index (κ3) is 1.41. The van der Waals surface area contributed by atoms with Crippen molar-refractivity contribution in [3.63, 3.8) is 0 Å². The van der Waals surface area contributed by atoms with Crippen LogP contribution in [0.3, 0.4) is 0 Å². The van der Waals surface area contributed by atoms with Crippen molar-refractivity contribution in [3.8, 4) is 0 Å². The Morgan fingerprint density at radius 2 is 2.08 bits per heavy atom. The number of aliphatic hydroxyl groups is 1. The zero-order chi connectivity index (χ0) is 9.85. The molecule has 0 aromatic heterocycles. The van der Waals surface area contributed by atoms with Gasteiger partial charge in [0.05, 0.1) is 5.60 Å². The Hall–Kier alpha value is -0.380. The molecule has 2 aliphatic heterocycles. The van der Waals surface area contributed by atoms with E-state index in [2.05, 4.69) is 6.58 Å². The van der Waals surface area contributed by atoms with E-state index in [9.17, 15) is 5.11 Å². The van der Waals surface area contributed by atoms with E-state index in [1.807, 2.05) is 13.8 Å². The van der Waals surface area contributed by atoms with Gasteiger partial charge in [0.1, 0.15) is 23.9 Å². The van der Waals surface area contributed by atoms with Crippen LogP contribution in [0.2, 0.25) is 0 Å². The number of hydrogen-bond acceptors (Lipinski definition) is 3. The Labute approximate surface area is 78.3 Å². The molecule has 4 unspecified atom stereocenters. The lowest BCUT2D eigenvalue weighted by Gasteiger charge is -2.14. The molecule has 0 saturated carbocycles. The zero-order valence-electron chi connectivity index (χ0n) is 8.28. The van der Waals surface area contributed by atoms with Crippen molar-refractivity contribution in [3.05, 3.63) is 12.7 Å². The van der Waals surface area contributed by atoms with Gasteiger partial charge in [0, 0.05) is 0 Å². The third-order valence-corrected chi connectivity index (χ3v) is 2.87. The first-order valence-electron chi connectivity index (χ1n) is 4.58. The molecular formula is C10H16O3. The van der Waals surface area contributed by atoms with Crippen molar-refractivity contribution in [2.45, 2.75) is 50.3 Å². The molecule has 0 amide bonds. The van der Waals surface area contributed by atoms with Gasteiger partial charge in [-0.2, -0.15) is 0 Å². The Morgan fingerprint density at radius 3 is 2.46 bits per heavy atom. The van der Waals surface area contributed by atoms with E-state index in [0.717, 1.165) is 0 Å². The fourth-order valence-corrected chi connectivity index (χ4v) is 1.70. The summed E-state index contributed by atoms with van der Waals surface area (Å²) in [6.45, 7) is 9.34. The van der Waals surface area contributed by atoms with E-state index in [0.29, 0.717) is 0 Å². The molecule has 0 spiro atoms. The molecule has 74 valence electrons. The van der Waals surface area contributed by atoms with Gasteiger partial charge in [-0.3, -0.25) is 0 Å². The average molecular weight is 184 g/mol. The van der Waals surface area contributed by atoms with Crippen LogP contribution >= 0.6 is 0 Å². The third-order valence-electron chi connectivity index (χ3n) is 2.87. The number of hydrogen-bond donors (Lipinski definition) is 1. The van der Waals surface area contributed by atoms with Crippen molar-refractivity contribution in [2.24, 2.45) is 0 Å². The van der Waals surface area contributed by atoms with Crippen LogP contribution in [0.15, 0.2) is 12.7 Å². The van der Waals surface area contributed by atoms with E-state index >= 15 is 0 Å². The van der Waals surface area contributed by atoms with Crippen molar-refractivity contribution in [1.29, 1.82) is 0 Å². The van der Waals surface area contributed by atoms with Gasteiger partial charge in [0.15, 0.2) is 0 Å². The van der Waals surface area contributed by atoms with E-state index in [-0.39, 0.29) is 23.9 Å². The molecule has 13 heavy (non-hydrogen) atoms. The van der Waals surface area contributed by atoms with Gasteiger partial charge in [0.2, 0.25) is 0 Å². The second-order valence-corrected chi connectivity index (χ2v) is 4.59. The largest absolute Gasteiger partial charge is 0.383 e. The lowest BCUT2D eigenvalue weighted by Crippen LogP contribution is -2.31. The molecular weight excluding hydrogens is 168 g/mol. The van der Waals surface area contributed by atoms with Crippen LogP contribution in [0.25, 0.3) is 0 Å². The molecule has 2 aliphatic rings. The minimum Gasteiger partial charge on any atom is -0.383 e. The summed E-state index contributed by atoms with van der Waals surface area (Å²) in [6, 6.07) is 0. The summed E-state index contributed by atoms with van der Waals surface area (Å²) in [4.78, 5) is 0. The van der Waals surface area contributed by atoms with Crippen LogP contribution in [0, 0.1) is 0 Å². The predicted molar refractivity (Wildman–Crippen MR) is 48.4 cm³/mol. The molecule has 1 N–H and O–H groups in total. The van der Waals surface area contributed by atoms with E-state index in [1.54, 1.807) is 6.92 Å². The Morgan fingerprint density at radius 1 is 1.54 bits per heavy atom. The Bertz CT molecular complexity index is 245. The van der Waals surface area contributed by atoms with Crippen molar-refractivity contribution in [2.75, 3.05) is 0 Å². The van der Waals surface area contributed by atoms with Gasteiger partial charge in [-0.15, -0.1) is 6.58 Å². The fourth-order valence-electron chi connectivity index (χ4n) is 1.70. The lowest BCUT2D eigenvalue weighted by atomic mass is 9.96. The number of ether oxygens (including phenoxy) is 2. The summed E-state index contributed by atoms with van der Waals surface area (Å²) in [5.41, 5.74) is -0.997. The van der Waals surface area contributed by atoms with E-state index in [1.165, 1.54) is 6.08 Å². The summed E-state index contributed by atoms with van der Waals surface area (Å²) < 4.78 is 10.8. The second kappa shape index (κ2) is 2.35. The van der Waals surface area contributed by atoms with E-state index < -0.39 is 5.60 Å². The molecule has 2 fully saturated rings. The van der Waals surface area contributed by atoms with Crippen LogP contribution in [-0.4, -0.2) is 34.6 Å². The first kappa shape index (κ1) is 9.19. The summed E-state index contributed by atoms with van der Waals surface area (Å²) in [5, 5.41) is 9.78. The van der Waals surface area contributed by atoms with Crippen LogP contribution in [0.4, 0.5) is 0 Å². The SMILES string of the molecule is C=CC(C)(O)C1OC1C1OC1(C)C. The second-order valence-electron chi connectivity index (χ2n) is 4.59. The molecule has 3 nitrogen and oxygen atoms in total. The minimum absolute atomic E-state index is 0.0444. The van der Waals surface area contributed by atoms with Gasteiger partial charge in [-0.25, -0.2) is 0 Å². The van der Waals surface area contributed by atoms with Gasteiger partial charge >= 0.3 is 0 Å². The Kier molecular flexibility index (Phi) is 1.66.